The minimum atomic E-state index is -0.326. The maximum atomic E-state index is 11.2. The summed E-state index contributed by atoms with van der Waals surface area (Å²) in [5.74, 6) is -0.326. The Kier molecular flexibility index (Phi) is 4.07. The van der Waals surface area contributed by atoms with Gasteiger partial charge in [0.2, 0.25) is 0 Å². The third-order valence-corrected chi connectivity index (χ3v) is 2.49. The molecule has 1 N–H and O–H groups in total. The maximum Gasteiger partial charge on any atom is 0.337 e. The van der Waals surface area contributed by atoms with Crippen LogP contribution in [0.2, 0.25) is 0 Å². The SMILES string of the molecule is COC(=O)c1ccc(CC(C)(C)CO)cc1. The molecule has 0 unspecified atom stereocenters. The van der Waals surface area contributed by atoms with Crippen LogP contribution in [0.15, 0.2) is 24.3 Å². The second-order valence-corrected chi connectivity index (χ2v) is 4.69. The largest absolute Gasteiger partial charge is 0.465 e. The van der Waals surface area contributed by atoms with Gasteiger partial charge in [0, 0.05) is 6.61 Å². The number of ether oxygens (including phenoxy) is 1. The third kappa shape index (κ3) is 3.35. The summed E-state index contributed by atoms with van der Waals surface area (Å²) in [5, 5.41) is 9.16. The van der Waals surface area contributed by atoms with E-state index in [-0.39, 0.29) is 18.0 Å². The normalized spacial score (nSPS) is 11.2. The molecule has 0 aliphatic heterocycles. The van der Waals surface area contributed by atoms with Crippen LogP contribution >= 0.6 is 0 Å². The van der Waals surface area contributed by atoms with Gasteiger partial charge in [0.25, 0.3) is 0 Å². The van der Waals surface area contributed by atoms with Gasteiger partial charge >= 0.3 is 5.97 Å². The summed E-state index contributed by atoms with van der Waals surface area (Å²) in [6.45, 7) is 4.15. The third-order valence-electron chi connectivity index (χ3n) is 2.49. The van der Waals surface area contributed by atoms with E-state index in [4.69, 9.17) is 5.11 Å². The molecule has 0 aliphatic rings. The number of esters is 1. The number of methoxy groups -OCH3 is 1. The predicted molar refractivity (Wildman–Crippen MR) is 62.4 cm³/mol. The Balaban J connectivity index is 2.76. The standard InChI is InChI=1S/C13H18O3/c1-13(2,9-14)8-10-4-6-11(7-5-10)12(15)16-3/h4-7,14H,8-9H2,1-3H3. The van der Waals surface area contributed by atoms with Crippen molar-refractivity contribution >= 4 is 5.97 Å². The highest BCUT2D eigenvalue weighted by atomic mass is 16.5. The summed E-state index contributed by atoms with van der Waals surface area (Å²) in [5.41, 5.74) is 1.52. The molecule has 16 heavy (non-hydrogen) atoms. The molecule has 0 heterocycles. The highest BCUT2D eigenvalue weighted by Gasteiger charge is 2.17. The molecule has 88 valence electrons. The van der Waals surface area contributed by atoms with Crippen LogP contribution in [-0.4, -0.2) is 24.8 Å². The molecule has 1 aromatic carbocycles. The van der Waals surface area contributed by atoms with Crippen molar-refractivity contribution in [2.24, 2.45) is 5.41 Å². The lowest BCUT2D eigenvalue weighted by Crippen LogP contribution is -2.19. The van der Waals surface area contributed by atoms with E-state index >= 15 is 0 Å². The first-order chi connectivity index (χ1) is 7.48. The van der Waals surface area contributed by atoms with Crippen molar-refractivity contribution in [2.45, 2.75) is 20.3 Å². The molecule has 0 aliphatic carbocycles. The number of carbonyl (C=O) groups excluding carboxylic acids is 1. The van der Waals surface area contributed by atoms with Crippen LogP contribution in [0.5, 0.6) is 0 Å². The van der Waals surface area contributed by atoms with Crippen molar-refractivity contribution in [3.63, 3.8) is 0 Å². The molecule has 0 radical (unpaired) electrons. The van der Waals surface area contributed by atoms with Gasteiger partial charge in [-0.05, 0) is 29.5 Å². The maximum absolute atomic E-state index is 11.2. The van der Waals surface area contributed by atoms with Crippen LogP contribution in [0.1, 0.15) is 29.8 Å². The number of hydrogen-bond donors (Lipinski definition) is 1. The van der Waals surface area contributed by atoms with Gasteiger partial charge in [0.1, 0.15) is 0 Å². The number of rotatable bonds is 4. The summed E-state index contributed by atoms with van der Waals surface area (Å²) < 4.78 is 4.62. The topological polar surface area (TPSA) is 46.5 Å². The van der Waals surface area contributed by atoms with Crippen LogP contribution in [0, 0.1) is 5.41 Å². The van der Waals surface area contributed by atoms with E-state index in [0.717, 1.165) is 12.0 Å². The Labute approximate surface area is 96.1 Å². The van der Waals surface area contributed by atoms with Gasteiger partial charge in [0.15, 0.2) is 0 Å². The lowest BCUT2D eigenvalue weighted by atomic mass is 9.86. The predicted octanol–water partition coefficient (Wildman–Crippen LogP) is 2.03. The first kappa shape index (κ1) is 12.7. The quantitative estimate of drug-likeness (QED) is 0.793. The monoisotopic (exact) mass is 222 g/mol. The number of carbonyl (C=O) groups is 1. The van der Waals surface area contributed by atoms with Gasteiger partial charge < -0.3 is 9.84 Å². The lowest BCUT2D eigenvalue weighted by molar-refractivity contribution is 0.0600. The van der Waals surface area contributed by atoms with Gasteiger partial charge in [-0.3, -0.25) is 0 Å². The Morgan fingerprint density at radius 2 is 1.88 bits per heavy atom. The van der Waals surface area contributed by atoms with Crippen LogP contribution < -0.4 is 0 Å². The number of benzene rings is 1. The molecule has 0 bridgehead atoms. The minimum absolute atomic E-state index is 0.132. The summed E-state index contributed by atoms with van der Waals surface area (Å²) in [6, 6.07) is 7.27. The molecule has 0 atom stereocenters. The van der Waals surface area contributed by atoms with Crippen LogP contribution in [-0.2, 0) is 11.2 Å². The fourth-order valence-corrected chi connectivity index (χ4v) is 1.49. The van der Waals surface area contributed by atoms with Gasteiger partial charge in [-0.1, -0.05) is 26.0 Å². The Hall–Kier alpha value is -1.35. The zero-order valence-electron chi connectivity index (χ0n) is 9.99. The average molecular weight is 222 g/mol. The first-order valence-corrected chi connectivity index (χ1v) is 5.26. The summed E-state index contributed by atoms with van der Waals surface area (Å²) in [7, 11) is 1.37. The minimum Gasteiger partial charge on any atom is -0.465 e. The fourth-order valence-electron chi connectivity index (χ4n) is 1.49. The Bertz CT molecular complexity index is 352. The molecule has 0 aromatic heterocycles. The van der Waals surface area contributed by atoms with E-state index < -0.39 is 0 Å². The fraction of sp³-hybridized carbons (Fsp3) is 0.462. The molecule has 0 saturated carbocycles. The van der Waals surface area contributed by atoms with E-state index in [1.807, 2.05) is 26.0 Å². The zero-order valence-corrected chi connectivity index (χ0v) is 9.99. The van der Waals surface area contributed by atoms with Crippen molar-refractivity contribution in [1.29, 1.82) is 0 Å². The van der Waals surface area contributed by atoms with Gasteiger partial charge in [0.05, 0.1) is 12.7 Å². The molecule has 3 nitrogen and oxygen atoms in total. The van der Waals surface area contributed by atoms with Crippen molar-refractivity contribution < 1.29 is 14.6 Å². The van der Waals surface area contributed by atoms with E-state index in [1.165, 1.54) is 7.11 Å². The van der Waals surface area contributed by atoms with E-state index in [0.29, 0.717) is 5.56 Å². The van der Waals surface area contributed by atoms with E-state index in [2.05, 4.69) is 4.74 Å². The molecular weight excluding hydrogens is 204 g/mol. The van der Waals surface area contributed by atoms with Gasteiger partial charge in [-0.25, -0.2) is 4.79 Å². The van der Waals surface area contributed by atoms with Crippen molar-refractivity contribution in [1.82, 2.24) is 0 Å². The van der Waals surface area contributed by atoms with Crippen molar-refractivity contribution in [2.75, 3.05) is 13.7 Å². The molecule has 1 rings (SSSR count). The highest BCUT2D eigenvalue weighted by molar-refractivity contribution is 5.89. The number of aliphatic hydroxyl groups is 1. The molecule has 0 saturated heterocycles. The van der Waals surface area contributed by atoms with Crippen LogP contribution in [0.25, 0.3) is 0 Å². The summed E-state index contributed by atoms with van der Waals surface area (Å²) in [4.78, 5) is 11.2. The second-order valence-electron chi connectivity index (χ2n) is 4.69. The van der Waals surface area contributed by atoms with E-state index in [9.17, 15) is 4.79 Å². The zero-order chi connectivity index (χ0) is 12.2. The Morgan fingerprint density at radius 3 is 2.31 bits per heavy atom. The molecule has 3 heteroatoms. The number of hydrogen-bond acceptors (Lipinski definition) is 3. The molecule has 0 amide bonds. The number of aliphatic hydroxyl groups excluding tert-OH is 1. The molecule has 1 aromatic rings. The van der Waals surface area contributed by atoms with Crippen LogP contribution in [0.4, 0.5) is 0 Å². The molecular formula is C13H18O3. The smallest absolute Gasteiger partial charge is 0.337 e. The van der Waals surface area contributed by atoms with Crippen LogP contribution in [0.3, 0.4) is 0 Å². The summed E-state index contributed by atoms with van der Waals surface area (Å²) in [6.07, 6.45) is 0.783. The molecule has 0 spiro atoms. The van der Waals surface area contributed by atoms with Gasteiger partial charge in [-0.2, -0.15) is 0 Å². The average Bonchev–Trinajstić information content (AvgIpc) is 2.28. The Morgan fingerprint density at radius 1 is 1.31 bits per heavy atom. The molecule has 0 fully saturated rings. The first-order valence-electron chi connectivity index (χ1n) is 5.26. The van der Waals surface area contributed by atoms with Crippen molar-refractivity contribution in [3.8, 4) is 0 Å². The summed E-state index contributed by atoms with van der Waals surface area (Å²) >= 11 is 0. The van der Waals surface area contributed by atoms with Crippen molar-refractivity contribution in [3.05, 3.63) is 35.4 Å². The van der Waals surface area contributed by atoms with Gasteiger partial charge in [-0.15, -0.1) is 0 Å². The lowest BCUT2D eigenvalue weighted by Gasteiger charge is -2.21. The second kappa shape index (κ2) is 5.12. The highest BCUT2D eigenvalue weighted by Crippen LogP contribution is 2.21. The van der Waals surface area contributed by atoms with E-state index in [1.54, 1.807) is 12.1 Å².